The van der Waals surface area contributed by atoms with Crippen LogP contribution < -0.4 is 25.4 Å². The Hall–Kier alpha value is -9.37. The zero-order chi connectivity index (χ0) is 74.2. The first kappa shape index (κ1) is 73.0. The molecule has 0 unspecified atom stereocenters. The molecule has 13 rings (SSSR count). The van der Waals surface area contributed by atoms with Crippen molar-refractivity contribution in [3.63, 3.8) is 0 Å². The van der Waals surface area contributed by atoms with Crippen LogP contribution in [0.5, 0.6) is 0 Å². The molecule has 0 saturated carbocycles. The monoisotopic (exact) mass is 1410 g/mol. The van der Waals surface area contributed by atoms with Gasteiger partial charge in [-0.2, -0.15) is 0 Å². The van der Waals surface area contributed by atoms with Crippen molar-refractivity contribution in [1.29, 1.82) is 0 Å². The Labute approximate surface area is 626 Å². The Morgan fingerprint density at radius 2 is 0.413 bits per heavy atom. The minimum atomic E-state index is -1.64. The summed E-state index contributed by atoms with van der Waals surface area (Å²) in [5.41, 5.74) is 25.1. The van der Waals surface area contributed by atoms with E-state index in [4.69, 9.17) is 0 Å². The van der Waals surface area contributed by atoms with E-state index >= 15 is 0 Å². The Balaban J connectivity index is 1.26. The first-order valence-electron chi connectivity index (χ1n) is 37.7. The van der Waals surface area contributed by atoms with Crippen molar-refractivity contribution in [2.24, 2.45) is 0 Å². The van der Waals surface area contributed by atoms with E-state index in [0.717, 1.165) is 83.5 Å². The SMILES string of the molecule is CC(C)(C)c1cc(N(c2cc(-c3ccccc3)cc(-c3ccc([Si](C)(C)C)cc3)c2)c2c3ccc(-c4ccccc4)cc3c(N(c3cc(-c4ccc([Si](C)(C)C)cc4)cc(-c4ccc([Si](C)(C)C)cc4)c3)c3cc(C(C)(C)C)cc(C(C)(C)C)c3)c3ccc(-c4ccccc4)cc23)cc(C(C)(C)C)c1. The topological polar surface area (TPSA) is 6.48 Å². The second-order valence-corrected chi connectivity index (χ2v) is 51.8. The summed E-state index contributed by atoms with van der Waals surface area (Å²) >= 11 is 0. The predicted molar refractivity (Wildman–Crippen MR) is 467 cm³/mol. The number of hydrogen-bond acceptors (Lipinski definition) is 2. The minimum Gasteiger partial charge on any atom is -0.309 e. The fourth-order valence-electron chi connectivity index (χ4n) is 14.6. The summed E-state index contributed by atoms with van der Waals surface area (Å²) in [5.74, 6) is 0. The summed E-state index contributed by atoms with van der Waals surface area (Å²) in [6, 6.07) is 106. The van der Waals surface area contributed by atoms with Crippen molar-refractivity contribution in [3.05, 3.63) is 295 Å². The van der Waals surface area contributed by atoms with Gasteiger partial charge in [0.1, 0.15) is 0 Å². The zero-order valence-electron chi connectivity index (χ0n) is 65.9. The lowest BCUT2D eigenvalue weighted by atomic mass is 9.80. The van der Waals surface area contributed by atoms with E-state index in [1.165, 1.54) is 76.8 Å². The molecule has 13 aromatic rings. The highest BCUT2D eigenvalue weighted by Crippen LogP contribution is 2.55. The van der Waals surface area contributed by atoms with Gasteiger partial charge >= 0.3 is 0 Å². The molecule has 104 heavy (non-hydrogen) atoms. The lowest BCUT2D eigenvalue weighted by molar-refractivity contribution is 0.568. The van der Waals surface area contributed by atoms with Crippen molar-refractivity contribution in [2.45, 2.75) is 164 Å². The van der Waals surface area contributed by atoms with Crippen molar-refractivity contribution < 1.29 is 0 Å². The van der Waals surface area contributed by atoms with Gasteiger partial charge in [-0.1, -0.05) is 358 Å². The molecule has 526 valence electrons. The molecule has 5 heteroatoms. The fourth-order valence-corrected chi connectivity index (χ4v) is 18.1. The summed E-state index contributed by atoms with van der Waals surface area (Å²) in [6.07, 6.45) is 0. The molecule has 0 heterocycles. The number of hydrogen-bond donors (Lipinski definition) is 0. The smallest absolute Gasteiger partial charge is 0.0775 e. The van der Waals surface area contributed by atoms with Gasteiger partial charge in [-0.3, -0.25) is 0 Å². The van der Waals surface area contributed by atoms with E-state index in [2.05, 4.69) is 425 Å². The third-order valence-electron chi connectivity index (χ3n) is 21.2. The number of benzene rings is 13. The summed E-state index contributed by atoms with van der Waals surface area (Å²) < 4.78 is 0. The second kappa shape index (κ2) is 27.6. The highest BCUT2D eigenvalue weighted by molar-refractivity contribution is 6.89. The summed E-state index contributed by atoms with van der Waals surface area (Å²) in [5, 5.41) is 8.89. The van der Waals surface area contributed by atoms with Crippen LogP contribution in [0.2, 0.25) is 58.9 Å². The molecule has 0 saturated heterocycles. The average molecular weight is 1410 g/mol. The molecular weight excluding hydrogens is 1300 g/mol. The molecular formula is C99H108N2Si3. The van der Waals surface area contributed by atoms with Gasteiger partial charge in [0, 0.05) is 44.3 Å². The Morgan fingerprint density at radius 3 is 0.654 bits per heavy atom. The van der Waals surface area contributed by atoms with Gasteiger partial charge < -0.3 is 9.80 Å². The Bertz CT molecular complexity index is 5150. The zero-order valence-corrected chi connectivity index (χ0v) is 68.9. The van der Waals surface area contributed by atoms with Gasteiger partial charge in [0.25, 0.3) is 0 Å². The maximum absolute atomic E-state index is 2.69. The van der Waals surface area contributed by atoms with Crippen molar-refractivity contribution in [2.75, 3.05) is 9.80 Å². The maximum atomic E-state index is 2.69. The quantitative estimate of drug-likeness (QED) is 0.0573. The van der Waals surface area contributed by atoms with Crippen LogP contribution in [-0.2, 0) is 21.7 Å². The molecule has 0 fully saturated rings. The standard InChI is InChI=1S/C99H108N2Si3/c1-96(2,3)79-61-80(97(4,5)6)64-85(63-79)100(83-55-75(69-35-29-24-30-36-69)53-76(56-83)70-37-45-87(46-38-70)102(13,14)15)94-90-51-43-74(68-33-27-23-28-34-68)60-93(90)95(91-52-44-73(59-92(91)94)67-31-25-22-26-32-67)101(86-65-81(98(7,8)9)62-82(66-86)99(10,11)12)84-57-77(71-39-47-88(48-40-71)103(16,17)18)54-78(58-84)72-41-49-89(50-42-72)104(19,20)21/h22-66H,1-21H3. The Morgan fingerprint density at radius 1 is 0.192 bits per heavy atom. The first-order valence-corrected chi connectivity index (χ1v) is 48.2. The summed E-state index contributed by atoms with van der Waals surface area (Å²) in [6.45, 7) is 50.5. The van der Waals surface area contributed by atoms with Crippen LogP contribution >= 0.6 is 0 Å². The Kier molecular flexibility index (Phi) is 19.4. The molecule has 13 aromatic carbocycles. The van der Waals surface area contributed by atoms with Gasteiger partial charge in [-0.25, -0.2) is 0 Å². The number of fused-ring (bicyclic) bond motifs is 2. The minimum absolute atomic E-state index is 0.190. The van der Waals surface area contributed by atoms with Gasteiger partial charge in [0.05, 0.1) is 35.6 Å². The fraction of sp³-hybridized carbons (Fsp3) is 0.253. The third-order valence-corrected chi connectivity index (χ3v) is 27.4. The molecule has 2 nitrogen and oxygen atoms in total. The largest absolute Gasteiger partial charge is 0.309 e. The lowest BCUT2D eigenvalue weighted by Crippen LogP contribution is -2.37. The van der Waals surface area contributed by atoms with Crippen LogP contribution in [0, 0.1) is 0 Å². The van der Waals surface area contributed by atoms with Crippen LogP contribution in [0.4, 0.5) is 34.1 Å². The van der Waals surface area contributed by atoms with Gasteiger partial charge in [0.2, 0.25) is 0 Å². The molecule has 0 radical (unpaired) electrons. The van der Waals surface area contributed by atoms with E-state index in [1.54, 1.807) is 0 Å². The average Bonchev–Trinajstić information content (AvgIpc) is 0.722. The van der Waals surface area contributed by atoms with E-state index < -0.39 is 24.2 Å². The van der Waals surface area contributed by atoms with Crippen LogP contribution in [0.25, 0.3) is 88.3 Å². The number of rotatable bonds is 15. The highest BCUT2D eigenvalue weighted by atomic mass is 28.3. The van der Waals surface area contributed by atoms with Crippen molar-refractivity contribution >= 4 is 95.5 Å². The van der Waals surface area contributed by atoms with Crippen LogP contribution in [0.15, 0.2) is 273 Å². The number of nitrogens with zero attached hydrogens (tertiary/aromatic N) is 2. The molecule has 0 aromatic heterocycles. The second-order valence-electron chi connectivity index (χ2n) is 36.5. The van der Waals surface area contributed by atoms with E-state index in [1.807, 2.05) is 0 Å². The molecule has 0 bridgehead atoms. The van der Waals surface area contributed by atoms with Crippen LogP contribution in [0.1, 0.15) is 105 Å². The molecule has 0 N–H and O–H groups in total. The van der Waals surface area contributed by atoms with Crippen LogP contribution in [-0.4, -0.2) is 24.2 Å². The van der Waals surface area contributed by atoms with Crippen molar-refractivity contribution in [3.8, 4) is 66.8 Å². The van der Waals surface area contributed by atoms with Gasteiger partial charge in [-0.15, -0.1) is 0 Å². The maximum Gasteiger partial charge on any atom is 0.0775 e. The molecule has 0 spiro atoms. The van der Waals surface area contributed by atoms with Crippen molar-refractivity contribution in [1.82, 2.24) is 0 Å². The lowest BCUT2D eigenvalue weighted by Gasteiger charge is -2.36. The summed E-state index contributed by atoms with van der Waals surface area (Å²) in [4.78, 5) is 5.37. The predicted octanol–water partition coefficient (Wildman–Crippen LogP) is 27.8. The van der Waals surface area contributed by atoms with Crippen LogP contribution in [0.3, 0.4) is 0 Å². The van der Waals surface area contributed by atoms with E-state index in [9.17, 15) is 0 Å². The highest BCUT2D eigenvalue weighted by Gasteiger charge is 2.33. The molecule has 0 amide bonds. The first-order chi connectivity index (χ1) is 48.9. The molecule has 0 aliphatic rings. The molecule has 0 aliphatic heterocycles. The van der Waals surface area contributed by atoms with Gasteiger partial charge in [0.15, 0.2) is 0 Å². The molecule has 0 atom stereocenters. The normalized spacial score (nSPS) is 12.7. The van der Waals surface area contributed by atoms with E-state index in [0.29, 0.717) is 0 Å². The number of anilines is 6. The summed E-state index contributed by atoms with van der Waals surface area (Å²) in [7, 11) is -4.91. The van der Waals surface area contributed by atoms with E-state index in [-0.39, 0.29) is 21.7 Å². The van der Waals surface area contributed by atoms with Gasteiger partial charge in [-0.05, 0) is 183 Å². The third kappa shape index (κ3) is 15.4. The molecule has 0 aliphatic carbocycles.